The summed E-state index contributed by atoms with van der Waals surface area (Å²) in [5.74, 6) is -2.13. The molecular formula is C17H19F3N2O4. The Morgan fingerprint density at radius 2 is 1.69 bits per heavy atom. The van der Waals surface area contributed by atoms with Crippen LogP contribution in [0, 0.1) is 5.92 Å². The quantitative estimate of drug-likeness (QED) is 0.819. The van der Waals surface area contributed by atoms with Gasteiger partial charge in [-0.05, 0) is 44.0 Å². The second-order valence-corrected chi connectivity index (χ2v) is 6.12. The smallest absolute Gasteiger partial charge is 0.416 e. The van der Waals surface area contributed by atoms with Gasteiger partial charge in [0.2, 0.25) is 0 Å². The first-order valence-electron chi connectivity index (χ1n) is 8.06. The standard InChI is InChI=1S/C17H19F3N2O4/c1-10(14(21)23)26-16(25)12-6-8-22(9-7-12)15(24)11-2-4-13(5-3-11)17(18,19)20/h2-5,10,12H,6-9H2,1H3,(H2,21,23). The normalized spacial score (nSPS) is 16.8. The Morgan fingerprint density at radius 3 is 2.15 bits per heavy atom. The molecule has 26 heavy (non-hydrogen) atoms. The van der Waals surface area contributed by atoms with E-state index in [2.05, 4.69) is 0 Å². The minimum Gasteiger partial charge on any atom is -0.452 e. The fourth-order valence-electron chi connectivity index (χ4n) is 2.63. The Labute approximate surface area is 148 Å². The van der Waals surface area contributed by atoms with Crippen molar-refractivity contribution in [3.05, 3.63) is 35.4 Å². The predicted molar refractivity (Wildman–Crippen MR) is 84.8 cm³/mol. The van der Waals surface area contributed by atoms with E-state index in [1.807, 2.05) is 0 Å². The highest BCUT2D eigenvalue weighted by Crippen LogP contribution is 2.29. The fourth-order valence-corrected chi connectivity index (χ4v) is 2.63. The molecule has 1 aromatic carbocycles. The second kappa shape index (κ2) is 7.76. The van der Waals surface area contributed by atoms with Crippen LogP contribution in [0.3, 0.4) is 0 Å². The molecular weight excluding hydrogens is 353 g/mol. The first-order valence-corrected chi connectivity index (χ1v) is 8.06. The molecule has 1 atom stereocenters. The summed E-state index contributed by atoms with van der Waals surface area (Å²) in [7, 11) is 0. The zero-order valence-electron chi connectivity index (χ0n) is 14.1. The number of ether oxygens (including phenoxy) is 1. The first kappa shape index (κ1) is 19.7. The number of benzene rings is 1. The molecule has 0 aliphatic carbocycles. The van der Waals surface area contributed by atoms with E-state index < -0.39 is 41.5 Å². The molecule has 0 spiro atoms. The van der Waals surface area contributed by atoms with Crippen molar-refractivity contribution in [2.24, 2.45) is 11.7 Å². The number of nitrogens with zero attached hydrogens (tertiary/aromatic N) is 1. The maximum absolute atomic E-state index is 12.6. The van der Waals surface area contributed by atoms with Gasteiger partial charge in [0.15, 0.2) is 6.10 Å². The number of halogens is 3. The fraction of sp³-hybridized carbons (Fsp3) is 0.471. The van der Waals surface area contributed by atoms with Gasteiger partial charge in [0, 0.05) is 18.7 Å². The Kier molecular flexibility index (Phi) is 5.89. The average molecular weight is 372 g/mol. The zero-order chi connectivity index (χ0) is 19.5. The molecule has 1 aliphatic rings. The number of alkyl halides is 3. The van der Waals surface area contributed by atoms with E-state index >= 15 is 0 Å². The Balaban J connectivity index is 1.92. The summed E-state index contributed by atoms with van der Waals surface area (Å²) >= 11 is 0. The van der Waals surface area contributed by atoms with Crippen LogP contribution in [0.15, 0.2) is 24.3 Å². The van der Waals surface area contributed by atoms with Crippen LogP contribution in [-0.4, -0.2) is 41.9 Å². The summed E-state index contributed by atoms with van der Waals surface area (Å²) in [5.41, 5.74) is 4.37. The SMILES string of the molecule is CC(OC(=O)C1CCN(C(=O)c2ccc(C(F)(F)F)cc2)CC1)C(N)=O. The van der Waals surface area contributed by atoms with Gasteiger partial charge < -0.3 is 15.4 Å². The Hall–Kier alpha value is -2.58. The van der Waals surface area contributed by atoms with Crippen molar-refractivity contribution in [2.75, 3.05) is 13.1 Å². The summed E-state index contributed by atoms with van der Waals surface area (Å²) in [5, 5.41) is 0. The third kappa shape index (κ3) is 4.74. The molecule has 6 nitrogen and oxygen atoms in total. The number of hydrogen-bond acceptors (Lipinski definition) is 4. The number of carbonyl (C=O) groups excluding carboxylic acids is 3. The highest BCUT2D eigenvalue weighted by atomic mass is 19.4. The summed E-state index contributed by atoms with van der Waals surface area (Å²) in [6.45, 7) is 1.92. The minimum absolute atomic E-state index is 0.154. The van der Waals surface area contributed by atoms with Gasteiger partial charge in [0.1, 0.15) is 0 Å². The molecule has 0 bridgehead atoms. The van der Waals surface area contributed by atoms with Crippen LogP contribution in [0.25, 0.3) is 0 Å². The van der Waals surface area contributed by atoms with Crippen molar-refractivity contribution < 1.29 is 32.3 Å². The van der Waals surface area contributed by atoms with Gasteiger partial charge >= 0.3 is 12.1 Å². The van der Waals surface area contributed by atoms with Gasteiger partial charge in [-0.2, -0.15) is 13.2 Å². The maximum atomic E-state index is 12.6. The largest absolute Gasteiger partial charge is 0.452 e. The lowest BCUT2D eigenvalue weighted by Crippen LogP contribution is -2.42. The molecule has 9 heteroatoms. The molecule has 142 valence electrons. The lowest BCUT2D eigenvalue weighted by atomic mass is 9.96. The van der Waals surface area contributed by atoms with Gasteiger partial charge in [0.05, 0.1) is 11.5 Å². The van der Waals surface area contributed by atoms with Crippen molar-refractivity contribution in [3.63, 3.8) is 0 Å². The van der Waals surface area contributed by atoms with E-state index in [1.165, 1.54) is 11.8 Å². The van der Waals surface area contributed by atoms with Crippen molar-refractivity contribution in [1.82, 2.24) is 4.90 Å². The minimum atomic E-state index is -4.46. The predicted octanol–water partition coefficient (Wildman–Crippen LogP) is 1.97. The summed E-state index contributed by atoms with van der Waals surface area (Å²) < 4.78 is 42.7. The highest BCUT2D eigenvalue weighted by molar-refractivity contribution is 5.94. The number of hydrogen-bond donors (Lipinski definition) is 1. The van der Waals surface area contributed by atoms with E-state index in [4.69, 9.17) is 10.5 Å². The van der Waals surface area contributed by atoms with Crippen LogP contribution in [0.1, 0.15) is 35.7 Å². The molecule has 0 aromatic heterocycles. The molecule has 1 unspecified atom stereocenters. The van der Waals surface area contributed by atoms with E-state index in [-0.39, 0.29) is 18.7 Å². The molecule has 0 radical (unpaired) electrons. The average Bonchev–Trinajstić information content (AvgIpc) is 2.60. The number of nitrogens with two attached hydrogens (primary N) is 1. The van der Waals surface area contributed by atoms with Crippen LogP contribution >= 0.6 is 0 Å². The van der Waals surface area contributed by atoms with Gasteiger partial charge in [-0.25, -0.2) is 0 Å². The number of piperidine rings is 1. The molecule has 2 N–H and O–H groups in total. The van der Waals surface area contributed by atoms with Crippen LogP contribution in [0.4, 0.5) is 13.2 Å². The van der Waals surface area contributed by atoms with Crippen molar-refractivity contribution in [1.29, 1.82) is 0 Å². The van der Waals surface area contributed by atoms with E-state index in [9.17, 15) is 27.6 Å². The molecule has 1 fully saturated rings. The summed E-state index contributed by atoms with van der Waals surface area (Å²) in [6.07, 6.45) is -4.79. The maximum Gasteiger partial charge on any atom is 0.416 e. The van der Waals surface area contributed by atoms with E-state index in [0.29, 0.717) is 12.8 Å². The molecule has 2 amide bonds. The molecule has 1 aliphatic heterocycles. The van der Waals surface area contributed by atoms with Gasteiger partial charge in [-0.1, -0.05) is 0 Å². The number of carbonyl (C=O) groups is 3. The zero-order valence-corrected chi connectivity index (χ0v) is 14.1. The number of likely N-dealkylation sites (tertiary alicyclic amines) is 1. The van der Waals surface area contributed by atoms with E-state index in [1.54, 1.807) is 0 Å². The number of amides is 2. The number of primary amides is 1. The van der Waals surface area contributed by atoms with Crippen LogP contribution in [0.5, 0.6) is 0 Å². The van der Waals surface area contributed by atoms with Crippen molar-refractivity contribution >= 4 is 17.8 Å². The van der Waals surface area contributed by atoms with Crippen LogP contribution in [0.2, 0.25) is 0 Å². The van der Waals surface area contributed by atoms with Crippen LogP contribution in [-0.2, 0) is 20.5 Å². The number of rotatable bonds is 4. The Bertz CT molecular complexity index is 680. The third-order valence-electron chi connectivity index (χ3n) is 4.27. The molecule has 1 aromatic rings. The Morgan fingerprint density at radius 1 is 1.15 bits per heavy atom. The lowest BCUT2D eigenvalue weighted by molar-refractivity contribution is -0.159. The molecule has 1 heterocycles. The molecule has 0 saturated carbocycles. The third-order valence-corrected chi connectivity index (χ3v) is 4.27. The summed E-state index contributed by atoms with van der Waals surface area (Å²) in [6, 6.07) is 4.01. The number of esters is 1. The van der Waals surface area contributed by atoms with Gasteiger partial charge in [0.25, 0.3) is 11.8 Å². The van der Waals surface area contributed by atoms with Crippen LogP contribution < -0.4 is 5.73 Å². The van der Waals surface area contributed by atoms with E-state index in [0.717, 1.165) is 24.3 Å². The van der Waals surface area contributed by atoms with Crippen molar-refractivity contribution in [3.8, 4) is 0 Å². The second-order valence-electron chi connectivity index (χ2n) is 6.12. The summed E-state index contributed by atoms with van der Waals surface area (Å²) in [4.78, 5) is 36.7. The van der Waals surface area contributed by atoms with Gasteiger partial charge in [-0.3, -0.25) is 14.4 Å². The first-order chi connectivity index (χ1) is 12.1. The molecule has 1 saturated heterocycles. The topological polar surface area (TPSA) is 89.7 Å². The molecule has 2 rings (SSSR count). The van der Waals surface area contributed by atoms with Crippen molar-refractivity contribution in [2.45, 2.75) is 32.0 Å². The van der Waals surface area contributed by atoms with Gasteiger partial charge in [-0.15, -0.1) is 0 Å². The highest BCUT2D eigenvalue weighted by Gasteiger charge is 2.32. The lowest BCUT2D eigenvalue weighted by Gasteiger charge is -2.31. The monoisotopic (exact) mass is 372 g/mol.